The van der Waals surface area contributed by atoms with Crippen LogP contribution in [-0.2, 0) is 6.54 Å². The lowest BCUT2D eigenvalue weighted by Crippen LogP contribution is -2.38. The minimum atomic E-state index is -0.947. The van der Waals surface area contributed by atoms with Crippen LogP contribution < -0.4 is 11.1 Å². The van der Waals surface area contributed by atoms with Crippen molar-refractivity contribution in [1.29, 1.82) is 0 Å². The lowest BCUT2D eigenvalue weighted by molar-refractivity contribution is 0.0692. The molecule has 4 N–H and O–H groups in total. The summed E-state index contributed by atoms with van der Waals surface area (Å²) in [6.45, 7) is 5.95. The number of aliphatic hydroxyl groups is 1. The van der Waals surface area contributed by atoms with Gasteiger partial charge in [0.15, 0.2) is 5.69 Å². The molecule has 0 aliphatic carbocycles. The van der Waals surface area contributed by atoms with Crippen LogP contribution in [0.3, 0.4) is 0 Å². The summed E-state index contributed by atoms with van der Waals surface area (Å²) >= 11 is 0. The highest BCUT2D eigenvalue weighted by Crippen LogP contribution is 2.09. The predicted octanol–water partition coefficient (Wildman–Crippen LogP) is -0.0141. The Balaban J connectivity index is 2.69. The van der Waals surface area contributed by atoms with Gasteiger partial charge in [-0.25, -0.2) is 0 Å². The molecule has 6 nitrogen and oxygen atoms in total. The highest BCUT2D eigenvalue weighted by Gasteiger charge is 2.18. The van der Waals surface area contributed by atoms with Crippen LogP contribution in [-0.4, -0.2) is 32.9 Å². The van der Waals surface area contributed by atoms with Crippen LogP contribution >= 0.6 is 0 Å². The third-order valence-electron chi connectivity index (χ3n) is 2.01. The normalized spacial score (nSPS) is 11.5. The summed E-state index contributed by atoms with van der Waals surface area (Å²) < 4.78 is 1.59. The average Bonchev–Trinajstić information content (AvgIpc) is 2.55. The van der Waals surface area contributed by atoms with Gasteiger partial charge in [-0.3, -0.25) is 9.48 Å². The van der Waals surface area contributed by atoms with Gasteiger partial charge >= 0.3 is 0 Å². The van der Waals surface area contributed by atoms with Crippen LogP contribution in [0.2, 0.25) is 0 Å². The van der Waals surface area contributed by atoms with Crippen LogP contribution in [0.15, 0.2) is 6.20 Å². The maximum Gasteiger partial charge on any atom is 0.274 e. The Morgan fingerprint density at radius 2 is 2.31 bits per heavy atom. The molecule has 1 amide bonds. The van der Waals surface area contributed by atoms with Crippen molar-refractivity contribution < 1.29 is 9.90 Å². The zero-order valence-electron chi connectivity index (χ0n) is 9.82. The zero-order chi connectivity index (χ0) is 12.3. The fraction of sp³-hybridized carbons (Fsp3) is 0.600. The van der Waals surface area contributed by atoms with Gasteiger partial charge in [0, 0.05) is 19.3 Å². The molecule has 0 aromatic carbocycles. The third kappa shape index (κ3) is 3.23. The number of carbonyl (C=O) groups is 1. The molecule has 1 rings (SSSR count). The minimum Gasteiger partial charge on any atom is -0.396 e. The summed E-state index contributed by atoms with van der Waals surface area (Å²) in [6.07, 6.45) is 1.61. The second-order valence-corrected chi connectivity index (χ2v) is 4.28. The summed E-state index contributed by atoms with van der Waals surface area (Å²) in [6, 6.07) is 0. The number of nitrogens with two attached hydrogens (primary N) is 1. The molecule has 1 heterocycles. The third-order valence-corrected chi connectivity index (χ3v) is 2.01. The van der Waals surface area contributed by atoms with Gasteiger partial charge in [-0.15, -0.1) is 0 Å². The standard InChI is InChI=1S/C10H18N4O2/c1-4-14-5-7(11)8(13-14)9(15)12-6-10(2,3)16/h5,16H,4,6,11H2,1-3H3,(H,12,15). The summed E-state index contributed by atoms with van der Waals surface area (Å²) in [5, 5.41) is 16.1. The first-order valence-corrected chi connectivity index (χ1v) is 5.17. The largest absolute Gasteiger partial charge is 0.396 e. The molecule has 0 radical (unpaired) electrons. The number of nitrogens with one attached hydrogen (secondary N) is 1. The van der Waals surface area contributed by atoms with E-state index in [0.29, 0.717) is 12.2 Å². The topological polar surface area (TPSA) is 93.2 Å². The highest BCUT2D eigenvalue weighted by molar-refractivity contribution is 5.97. The first-order valence-electron chi connectivity index (χ1n) is 5.17. The van der Waals surface area contributed by atoms with E-state index in [9.17, 15) is 9.90 Å². The van der Waals surface area contributed by atoms with Crippen molar-refractivity contribution in [2.24, 2.45) is 0 Å². The quantitative estimate of drug-likeness (QED) is 0.673. The SMILES string of the molecule is CCn1cc(N)c(C(=O)NCC(C)(C)O)n1. The molecule has 90 valence electrons. The van der Waals surface area contributed by atoms with E-state index in [-0.39, 0.29) is 18.1 Å². The minimum absolute atomic E-state index is 0.157. The van der Waals surface area contributed by atoms with E-state index in [1.807, 2.05) is 6.92 Å². The molecule has 0 unspecified atom stereocenters. The molecule has 0 spiro atoms. The first kappa shape index (κ1) is 12.5. The zero-order valence-corrected chi connectivity index (χ0v) is 9.82. The maximum atomic E-state index is 11.7. The van der Waals surface area contributed by atoms with Gasteiger partial charge < -0.3 is 16.2 Å². The number of aromatic nitrogens is 2. The maximum absolute atomic E-state index is 11.7. The van der Waals surface area contributed by atoms with Crippen LogP contribution in [0, 0.1) is 0 Å². The number of rotatable bonds is 4. The van der Waals surface area contributed by atoms with Crippen molar-refractivity contribution in [3.05, 3.63) is 11.9 Å². The van der Waals surface area contributed by atoms with E-state index in [0.717, 1.165) is 0 Å². The molecule has 0 bridgehead atoms. The monoisotopic (exact) mass is 226 g/mol. The van der Waals surface area contributed by atoms with Gasteiger partial charge in [0.2, 0.25) is 0 Å². The van der Waals surface area contributed by atoms with Gasteiger partial charge in [-0.1, -0.05) is 0 Å². The molecule has 0 fully saturated rings. The fourth-order valence-electron chi connectivity index (χ4n) is 1.16. The van der Waals surface area contributed by atoms with Crippen molar-refractivity contribution in [3.8, 4) is 0 Å². The summed E-state index contributed by atoms with van der Waals surface area (Å²) in [5.74, 6) is -0.369. The number of hydrogen-bond donors (Lipinski definition) is 3. The Labute approximate surface area is 94.4 Å². The van der Waals surface area contributed by atoms with E-state index in [2.05, 4.69) is 10.4 Å². The second-order valence-electron chi connectivity index (χ2n) is 4.28. The number of nitrogen functional groups attached to an aromatic ring is 1. The molecule has 1 aromatic rings. The van der Waals surface area contributed by atoms with Crippen molar-refractivity contribution in [2.75, 3.05) is 12.3 Å². The van der Waals surface area contributed by atoms with Crippen LogP contribution in [0.1, 0.15) is 31.3 Å². The van der Waals surface area contributed by atoms with Gasteiger partial charge in [0.1, 0.15) is 0 Å². The lowest BCUT2D eigenvalue weighted by atomic mass is 10.1. The number of hydrogen-bond acceptors (Lipinski definition) is 4. The Kier molecular flexibility index (Phi) is 3.54. The molecular formula is C10H18N4O2. The van der Waals surface area contributed by atoms with Crippen LogP contribution in [0.5, 0.6) is 0 Å². The van der Waals surface area contributed by atoms with Gasteiger partial charge in [-0.2, -0.15) is 5.10 Å². The van der Waals surface area contributed by atoms with Crippen molar-refractivity contribution in [2.45, 2.75) is 32.9 Å². The van der Waals surface area contributed by atoms with E-state index < -0.39 is 5.60 Å². The van der Waals surface area contributed by atoms with E-state index in [1.54, 1.807) is 24.7 Å². The number of anilines is 1. The van der Waals surface area contributed by atoms with E-state index in [1.165, 1.54) is 0 Å². The molecule has 0 saturated carbocycles. The molecule has 16 heavy (non-hydrogen) atoms. The Hall–Kier alpha value is -1.56. The van der Waals surface area contributed by atoms with Crippen molar-refractivity contribution >= 4 is 11.6 Å². The van der Waals surface area contributed by atoms with E-state index >= 15 is 0 Å². The Morgan fingerprint density at radius 3 is 2.75 bits per heavy atom. The van der Waals surface area contributed by atoms with Gasteiger partial charge in [0.05, 0.1) is 11.3 Å². The van der Waals surface area contributed by atoms with E-state index in [4.69, 9.17) is 5.73 Å². The van der Waals surface area contributed by atoms with Gasteiger partial charge in [0.25, 0.3) is 5.91 Å². The predicted molar refractivity (Wildman–Crippen MR) is 60.9 cm³/mol. The molecule has 0 saturated heterocycles. The average molecular weight is 226 g/mol. The molecule has 0 atom stereocenters. The van der Waals surface area contributed by atoms with Crippen LogP contribution in [0.4, 0.5) is 5.69 Å². The molecule has 6 heteroatoms. The van der Waals surface area contributed by atoms with Crippen molar-refractivity contribution in [1.82, 2.24) is 15.1 Å². The molecular weight excluding hydrogens is 208 g/mol. The van der Waals surface area contributed by atoms with Crippen molar-refractivity contribution in [3.63, 3.8) is 0 Å². The number of nitrogens with zero attached hydrogens (tertiary/aromatic N) is 2. The Bertz CT molecular complexity index is 379. The highest BCUT2D eigenvalue weighted by atomic mass is 16.3. The first-order chi connectivity index (χ1) is 7.33. The fourth-order valence-corrected chi connectivity index (χ4v) is 1.16. The second kappa shape index (κ2) is 4.52. The smallest absolute Gasteiger partial charge is 0.274 e. The summed E-state index contributed by atoms with van der Waals surface area (Å²) in [7, 11) is 0. The lowest BCUT2D eigenvalue weighted by Gasteiger charge is -2.17. The number of aryl methyl sites for hydroxylation is 1. The van der Waals surface area contributed by atoms with Gasteiger partial charge in [-0.05, 0) is 20.8 Å². The number of carbonyl (C=O) groups excluding carboxylic acids is 1. The molecule has 0 aliphatic heterocycles. The van der Waals surface area contributed by atoms with Crippen LogP contribution in [0.25, 0.3) is 0 Å². The number of amides is 1. The summed E-state index contributed by atoms with van der Waals surface area (Å²) in [4.78, 5) is 11.7. The molecule has 0 aliphatic rings. The Morgan fingerprint density at radius 1 is 1.69 bits per heavy atom. The molecule has 1 aromatic heterocycles. The summed E-state index contributed by atoms with van der Waals surface area (Å²) in [5.41, 5.74) is 5.25.